The van der Waals surface area contributed by atoms with Crippen LogP contribution in [0.15, 0.2) is 22.6 Å². The summed E-state index contributed by atoms with van der Waals surface area (Å²) < 4.78 is 10.8. The van der Waals surface area contributed by atoms with Crippen LogP contribution in [0.1, 0.15) is 48.2 Å². The fourth-order valence-corrected chi connectivity index (χ4v) is 3.44. The van der Waals surface area contributed by atoms with Crippen molar-refractivity contribution in [2.24, 2.45) is 0 Å². The van der Waals surface area contributed by atoms with Gasteiger partial charge in [-0.05, 0) is 38.0 Å². The van der Waals surface area contributed by atoms with E-state index in [4.69, 9.17) is 9.15 Å². The van der Waals surface area contributed by atoms with Crippen LogP contribution in [0.3, 0.4) is 0 Å². The molecule has 1 saturated carbocycles. The third-order valence-corrected chi connectivity index (χ3v) is 4.77. The second-order valence-corrected chi connectivity index (χ2v) is 6.30. The molecular weight excluding hydrogens is 310 g/mol. The number of carbonyl (C=O) groups is 2. The number of hydrogen-bond acceptors (Lipinski definition) is 4. The Labute approximate surface area is 139 Å². The number of carboxylic acids is 1. The van der Waals surface area contributed by atoms with Gasteiger partial charge >= 0.3 is 5.97 Å². The standard InChI is InChI=1S/C18H21NO5/c1-11-15(13-10-12(23-2)6-7-14(13)24-11)16(20)19-18(17(21)22)8-4-3-5-9-18/h6-7,10H,3-5,8-9H2,1-2H3,(H,19,20)(H,21,22). The van der Waals surface area contributed by atoms with Crippen LogP contribution in [0.4, 0.5) is 0 Å². The highest BCUT2D eigenvalue weighted by Gasteiger charge is 2.41. The lowest BCUT2D eigenvalue weighted by Gasteiger charge is -2.33. The van der Waals surface area contributed by atoms with E-state index in [1.54, 1.807) is 32.2 Å². The summed E-state index contributed by atoms with van der Waals surface area (Å²) in [6.45, 7) is 1.70. The largest absolute Gasteiger partial charge is 0.497 e. The van der Waals surface area contributed by atoms with E-state index < -0.39 is 17.4 Å². The predicted molar refractivity (Wildman–Crippen MR) is 88.4 cm³/mol. The van der Waals surface area contributed by atoms with E-state index in [0.29, 0.717) is 40.9 Å². The second-order valence-electron chi connectivity index (χ2n) is 6.30. The number of aryl methyl sites for hydroxylation is 1. The molecule has 1 aliphatic carbocycles. The van der Waals surface area contributed by atoms with Gasteiger partial charge in [0, 0.05) is 5.39 Å². The van der Waals surface area contributed by atoms with E-state index in [1.165, 1.54) is 0 Å². The van der Waals surface area contributed by atoms with Gasteiger partial charge in [0.2, 0.25) is 0 Å². The summed E-state index contributed by atoms with van der Waals surface area (Å²) in [5, 5.41) is 13.0. The molecule has 2 aromatic rings. The Morgan fingerprint density at radius 3 is 2.58 bits per heavy atom. The van der Waals surface area contributed by atoms with Crippen molar-refractivity contribution in [1.82, 2.24) is 5.32 Å². The van der Waals surface area contributed by atoms with Crippen LogP contribution in [-0.4, -0.2) is 29.6 Å². The third kappa shape index (κ3) is 2.72. The summed E-state index contributed by atoms with van der Waals surface area (Å²) in [4.78, 5) is 24.6. The van der Waals surface area contributed by atoms with Gasteiger partial charge in [0.05, 0.1) is 12.7 Å². The van der Waals surface area contributed by atoms with Gasteiger partial charge in [0.1, 0.15) is 22.6 Å². The van der Waals surface area contributed by atoms with Crippen LogP contribution in [0.25, 0.3) is 11.0 Å². The summed E-state index contributed by atoms with van der Waals surface area (Å²) in [6.07, 6.45) is 3.49. The van der Waals surface area contributed by atoms with Gasteiger partial charge in [-0.15, -0.1) is 0 Å². The smallest absolute Gasteiger partial charge is 0.329 e. The number of nitrogens with one attached hydrogen (secondary N) is 1. The number of benzene rings is 1. The van der Waals surface area contributed by atoms with Crippen LogP contribution in [0, 0.1) is 6.92 Å². The highest BCUT2D eigenvalue weighted by Crippen LogP contribution is 2.32. The molecular formula is C18H21NO5. The van der Waals surface area contributed by atoms with Crippen molar-refractivity contribution in [3.63, 3.8) is 0 Å². The topological polar surface area (TPSA) is 88.8 Å². The SMILES string of the molecule is COc1ccc2oc(C)c(C(=O)NC3(C(=O)O)CCCCC3)c2c1. The maximum Gasteiger partial charge on any atom is 0.329 e. The molecule has 1 aromatic carbocycles. The van der Waals surface area contributed by atoms with Gasteiger partial charge in [0.15, 0.2) is 0 Å². The number of methoxy groups -OCH3 is 1. The second kappa shape index (κ2) is 6.19. The molecule has 0 bridgehead atoms. The van der Waals surface area contributed by atoms with Gasteiger partial charge < -0.3 is 19.6 Å². The van der Waals surface area contributed by atoms with Crippen LogP contribution in [0.2, 0.25) is 0 Å². The average molecular weight is 331 g/mol. The van der Waals surface area contributed by atoms with Crippen molar-refractivity contribution in [1.29, 1.82) is 0 Å². The predicted octanol–water partition coefficient (Wildman–Crippen LogP) is 3.27. The molecule has 1 fully saturated rings. The summed E-state index contributed by atoms with van der Waals surface area (Å²) in [6, 6.07) is 5.23. The molecule has 0 unspecified atom stereocenters. The van der Waals surface area contributed by atoms with Crippen molar-refractivity contribution in [2.45, 2.75) is 44.6 Å². The summed E-state index contributed by atoms with van der Waals surface area (Å²) >= 11 is 0. The summed E-state index contributed by atoms with van der Waals surface area (Å²) in [7, 11) is 1.55. The fourth-order valence-electron chi connectivity index (χ4n) is 3.44. The Morgan fingerprint density at radius 1 is 1.25 bits per heavy atom. The van der Waals surface area contributed by atoms with Gasteiger partial charge in [-0.3, -0.25) is 4.79 Å². The number of carbonyl (C=O) groups excluding carboxylic acids is 1. The minimum atomic E-state index is -1.19. The number of fused-ring (bicyclic) bond motifs is 1. The maximum absolute atomic E-state index is 12.8. The summed E-state index contributed by atoms with van der Waals surface area (Å²) in [5.41, 5.74) is -0.244. The quantitative estimate of drug-likeness (QED) is 0.897. The molecule has 6 nitrogen and oxygen atoms in total. The zero-order valence-corrected chi connectivity index (χ0v) is 13.8. The minimum Gasteiger partial charge on any atom is -0.497 e. The lowest BCUT2D eigenvalue weighted by molar-refractivity contribution is -0.145. The highest BCUT2D eigenvalue weighted by molar-refractivity contribution is 6.08. The first-order valence-electron chi connectivity index (χ1n) is 8.10. The van der Waals surface area contributed by atoms with Crippen LogP contribution in [-0.2, 0) is 4.79 Å². The number of aliphatic carboxylic acids is 1. The molecule has 0 radical (unpaired) electrons. The van der Waals surface area contributed by atoms with Crippen molar-refractivity contribution >= 4 is 22.8 Å². The zero-order valence-electron chi connectivity index (χ0n) is 13.8. The Hall–Kier alpha value is -2.50. The van der Waals surface area contributed by atoms with E-state index in [0.717, 1.165) is 19.3 Å². The van der Waals surface area contributed by atoms with E-state index in [2.05, 4.69) is 5.32 Å². The molecule has 0 saturated heterocycles. The van der Waals surface area contributed by atoms with Crippen LogP contribution in [0.5, 0.6) is 5.75 Å². The molecule has 128 valence electrons. The number of rotatable bonds is 4. The molecule has 24 heavy (non-hydrogen) atoms. The van der Waals surface area contributed by atoms with Gasteiger partial charge in [-0.2, -0.15) is 0 Å². The summed E-state index contributed by atoms with van der Waals surface area (Å²) in [5.74, 6) is -0.308. The lowest BCUT2D eigenvalue weighted by atomic mass is 9.81. The van der Waals surface area contributed by atoms with Crippen molar-refractivity contribution < 1.29 is 23.8 Å². The number of carboxylic acid groups (broad SMARTS) is 1. The molecule has 1 aliphatic rings. The molecule has 0 aliphatic heterocycles. The van der Waals surface area contributed by atoms with Crippen molar-refractivity contribution in [3.8, 4) is 5.75 Å². The lowest BCUT2D eigenvalue weighted by Crippen LogP contribution is -2.55. The van der Waals surface area contributed by atoms with Crippen molar-refractivity contribution in [3.05, 3.63) is 29.5 Å². The number of ether oxygens (including phenoxy) is 1. The Balaban J connectivity index is 1.98. The Kier molecular flexibility index (Phi) is 4.22. The molecule has 1 aromatic heterocycles. The third-order valence-electron chi connectivity index (χ3n) is 4.77. The van der Waals surface area contributed by atoms with Crippen LogP contribution < -0.4 is 10.1 Å². The van der Waals surface area contributed by atoms with E-state index >= 15 is 0 Å². The minimum absolute atomic E-state index is 0.370. The maximum atomic E-state index is 12.8. The molecule has 2 N–H and O–H groups in total. The highest BCUT2D eigenvalue weighted by atomic mass is 16.5. The normalized spacial score (nSPS) is 16.8. The average Bonchev–Trinajstić information content (AvgIpc) is 2.90. The Bertz CT molecular complexity index is 786. The number of furan rings is 1. The van der Waals surface area contributed by atoms with E-state index in [1.807, 2.05) is 0 Å². The van der Waals surface area contributed by atoms with Gasteiger partial charge in [-0.1, -0.05) is 19.3 Å². The monoisotopic (exact) mass is 331 g/mol. The Morgan fingerprint density at radius 2 is 1.96 bits per heavy atom. The van der Waals surface area contributed by atoms with Crippen molar-refractivity contribution in [2.75, 3.05) is 7.11 Å². The van der Waals surface area contributed by atoms with Gasteiger partial charge in [-0.25, -0.2) is 4.79 Å². The zero-order chi connectivity index (χ0) is 17.3. The first-order valence-corrected chi connectivity index (χ1v) is 8.10. The molecule has 0 spiro atoms. The number of amides is 1. The van der Waals surface area contributed by atoms with E-state index in [9.17, 15) is 14.7 Å². The first kappa shape index (κ1) is 16.4. The van der Waals surface area contributed by atoms with Crippen LogP contribution >= 0.6 is 0 Å². The molecule has 1 heterocycles. The molecule has 3 rings (SSSR count). The first-order chi connectivity index (χ1) is 11.5. The van der Waals surface area contributed by atoms with E-state index in [-0.39, 0.29) is 0 Å². The molecule has 1 amide bonds. The number of hydrogen-bond donors (Lipinski definition) is 2. The molecule has 0 atom stereocenters. The fraction of sp³-hybridized carbons (Fsp3) is 0.444. The van der Waals surface area contributed by atoms with Gasteiger partial charge in [0.25, 0.3) is 5.91 Å². The molecule has 6 heteroatoms.